The molecule has 1 atom stereocenters. The maximum atomic E-state index is 12.7. The Bertz CT molecular complexity index is 914. The summed E-state index contributed by atoms with van der Waals surface area (Å²) >= 11 is 7.28. The van der Waals surface area contributed by atoms with Gasteiger partial charge in [0.1, 0.15) is 5.75 Å². The number of carbonyl (C=O) groups excluding carboxylic acids is 2. The number of aryl methyl sites for hydroxylation is 1. The van der Waals surface area contributed by atoms with Gasteiger partial charge in [-0.1, -0.05) is 54.9 Å². The van der Waals surface area contributed by atoms with Gasteiger partial charge in [0, 0.05) is 6.54 Å². The first-order chi connectivity index (χ1) is 14.0. The van der Waals surface area contributed by atoms with Crippen LogP contribution in [0, 0.1) is 0 Å². The molecule has 0 aromatic heterocycles. The normalized spacial score (nSPS) is 16.5. The Hall–Kier alpha value is -2.24. The third-order valence-electron chi connectivity index (χ3n) is 4.72. The second kappa shape index (κ2) is 9.99. The van der Waals surface area contributed by atoms with E-state index in [2.05, 4.69) is 0 Å². The van der Waals surface area contributed by atoms with Crippen LogP contribution in [-0.2, 0) is 11.2 Å². The summed E-state index contributed by atoms with van der Waals surface area (Å²) in [5.74, 6) is 0.372. The van der Waals surface area contributed by atoms with Gasteiger partial charge in [-0.15, -0.1) is 0 Å². The Kier molecular flexibility index (Phi) is 7.40. The fourth-order valence-electron chi connectivity index (χ4n) is 2.93. The average Bonchev–Trinajstić information content (AvgIpc) is 2.98. The van der Waals surface area contributed by atoms with Crippen molar-refractivity contribution in [3.8, 4) is 5.75 Å². The minimum absolute atomic E-state index is 0.0748. The van der Waals surface area contributed by atoms with Crippen LogP contribution < -0.4 is 4.74 Å². The van der Waals surface area contributed by atoms with Crippen molar-refractivity contribution in [1.82, 2.24) is 4.90 Å². The molecule has 0 aliphatic carbocycles. The van der Waals surface area contributed by atoms with Crippen LogP contribution in [0.4, 0.5) is 4.79 Å². The highest BCUT2D eigenvalue weighted by Crippen LogP contribution is 2.34. The lowest BCUT2D eigenvalue weighted by Crippen LogP contribution is -2.29. The number of amides is 2. The second-order valence-corrected chi connectivity index (χ2v) is 8.35. The monoisotopic (exact) mass is 429 g/mol. The van der Waals surface area contributed by atoms with Gasteiger partial charge >= 0.3 is 0 Å². The zero-order valence-electron chi connectivity index (χ0n) is 16.6. The molecule has 0 bridgehead atoms. The maximum Gasteiger partial charge on any atom is 0.293 e. The number of ether oxygens (including phenoxy) is 1. The third kappa shape index (κ3) is 5.64. The molecular formula is C23H24ClNO3S. The van der Waals surface area contributed by atoms with E-state index >= 15 is 0 Å². The highest BCUT2D eigenvalue weighted by molar-refractivity contribution is 8.18. The van der Waals surface area contributed by atoms with Crippen LogP contribution in [0.3, 0.4) is 0 Å². The average molecular weight is 430 g/mol. The number of hydrogen-bond donors (Lipinski definition) is 0. The second-order valence-electron chi connectivity index (χ2n) is 6.95. The largest absolute Gasteiger partial charge is 0.489 e. The fraction of sp³-hybridized carbons (Fsp3) is 0.304. The molecule has 2 aromatic rings. The minimum Gasteiger partial charge on any atom is -0.489 e. The van der Waals surface area contributed by atoms with E-state index < -0.39 is 0 Å². The molecule has 0 spiro atoms. The molecule has 1 aliphatic rings. The maximum absolute atomic E-state index is 12.7. The van der Waals surface area contributed by atoms with Gasteiger partial charge in [0.15, 0.2) is 0 Å². The lowest BCUT2D eigenvalue weighted by molar-refractivity contribution is -0.122. The zero-order valence-corrected chi connectivity index (χ0v) is 18.1. The molecule has 2 amide bonds. The number of carbonyl (C=O) groups is 2. The highest BCUT2D eigenvalue weighted by Gasteiger charge is 2.34. The quantitative estimate of drug-likeness (QED) is 0.469. The molecule has 0 saturated carbocycles. The number of halogens is 1. The van der Waals surface area contributed by atoms with Crippen molar-refractivity contribution in [2.75, 3.05) is 6.54 Å². The van der Waals surface area contributed by atoms with Crippen LogP contribution in [0.5, 0.6) is 5.75 Å². The van der Waals surface area contributed by atoms with Gasteiger partial charge < -0.3 is 4.74 Å². The molecule has 0 N–H and O–H groups in total. The number of hydrogen-bond acceptors (Lipinski definition) is 4. The topological polar surface area (TPSA) is 46.6 Å². The van der Waals surface area contributed by atoms with Gasteiger partial charge in [0.25, 0.3) is 11.1 Å². The SMILES string of the molecule is CC[C@@H](C)Oc1ccc(/C=C2/SC(=O)N(CCCc3ccccc3)C2=O)cc1Cl. The summed E-state index contributed by atoms with van der Waals surface area (Å²) in [7, 11) is 0. The molecule has 1 fully saturated rings. The standard InChI is InChI=1S/C23H24ClNO3S/c1-3-16(2)28-20-12-11-18(14-19(20)24)15-21-22(26)25(23(27)29-21)13-7-10-17-8-5-4-6-9-17/h4-6,8-9,11-12,14-16H,3,7,10,13H2,1-2H3/b21-15+/t16-/m1/s1. The summed E-state index contributed by atoms with van der Waals surface area (Å²) in [6.45, 7) is 4.44. The van der Waals surface area contributed by atoms with Crippen LogP contribution >= 0.6 is 23.4 Å². The van der Waals surface area contributed by atoms with Crippen LogP contribution in [0.25, 0.3) is 6.08 Å². The lowest BCUT2D eigenvalue weighted by atomic mass is 10.1. The molecule has 6 heteroatoms. The summed E-state index contributed by atoms with van der Waals surface area (Å²) in [5.41, 5.74) is 1.96. The van der Waals surface area contributed by atoms with Crippen molar-refractivity contribution in [1.29, 1.82) is 0 Å². The molecular weight excluding hydrogens is 406 g/mol. The Balaban J connectivity index is 1.64. The third-order valence-corrected chi connectivity index (χ3v) is 5.92. The molecule has 2 aromatic carbocycles. The summed E-state index contributed by atoms with van der Waals surface area (Å²) in [4.78, 5) is 26.7. The minimum atomic E-state index is -0.246. The van der Waals surface area contributed by atoms with Crippen LogP contribution in [0.1, 0.15) is 37.8 Å². The molecule has 152 valence electrons. The van der Waals surface area contributed by atoms with E-state index in [0.29, 0.717) is 22.2 Å². The Morgan fingerprint density at radius 2 is 1.93 bits per heavy atom. The van der Waals surface area contributed by atoms with Crippen LogP contribution in [0.15, 0.2) is 53.4 Å². The zero-order chi connectivity index (χ0) is 20.8. The van der Waals surface area contributed by atoms with Crippen molar-refractivity contribution in [3.63, 3.8) is 0 Å². The smallest absolute Gasteiger partial charge is 0.293 e. The Morgan fingerprint density at radius 1 is 1.17 bits per heavy atom. The molecule has 29 heavy (non-hydrogen) atoms. The molecule has 1 saturated heterocycles. The van der Waals surface area contributed by atoms with E-state index in [1.807, 2.05) is 50.2 Å². The predicted octanol–water partition coefficient (Wildman–Crippen LogP) is 6.19. The van der Waals surface area contributed by atoms with Gasteiger partial charge in [0.05, 0.1) is 16.0 Å². The van der Waals surface area contributed by atoms with Gasteiger partial charge in [-0.2, -0.15) is 0 Å². The van der Waals surface area contributed by atoms with E-state index in [4.69, 9.17) is 16.3 Å². The summed E-state index contributed by atoms with van der Waals surface area (Å²) in [5, 5.41) is 0.262. The first kappa shape index (κ1) is 21.5. The molecule has 1 aliphatic heterocycles. The van der Waals surface area contributed by atoms with Gasteiger partial charge in [-0.25, -0.2) is 0 Å². The fourth-order valence-corrected chi connectivity index (χ4v) is 4.03. The summed E-state index contributed by atoms with van der Waals surface area (Å²) in [6, 6.07) is 15.4. The van der Waals surface area contributed by atoms with Crippen molar-refractivity contribution in [3.05, 3.63) is 69.6 Å². The predicted molar refractivity (Wildman–Crippen MR) is 119 cm³/mol. The van der Waals surface area contributed by atoms with Gasteiger partial charge in [0.2, 0.25) is 0 Å². The van der Waals surface area contributed by atoms with E-state index in [1.54, 1.807) is 18.2 Å². The number of rotatable bonds is 8. The number of benzene rings is 2. The summed E-state index contributed by atoms with van der Waals surface area (Å²) in [6.07, 6.45) is 4.24. The highest BCUT2D eigenvalue weighted by atomic mass is 35.5. The number of imide groups is 1. The van der Waals surface area contributed by atoms with E-state index in [1.165, 1.54) is 10.5 Å². The van der Waals surface area contributed by atoms with Crippen LogP contribution in [0.2, 0.25) is 5.02 Å². The molecule has 0 radical (unpaired) electrons. The van der Waals surface area contributed by atoms with E-state index in [9.17, 15) is 9.59 Å². The van der Waals surface area contributed by atoms with Crippen molar-refractivity contribution in [2.24, 2.45) is 0 Å². The number of nitrogens with zero attached hydrogens (tertiary/aromatic N) is 1. The van der Waals surface area contributed by atoms with Crippen molar-refractivity contribution in [2.45, 2.75) is 39.2 Å². The van der Waals surface area contributed by atoms with Crippen molar-refractivity contribution < 1.29 is 14.3 Å². The summed E-state index contributed by atoms with van der Waals surface area (Å²) < 4.78 is 5.77. The van der Waals surface area contributed by atoms with Crippen molar-refractivity contribution >= 4 is 40.6 Å². The first-order valence-corrected chi connectivity index (χ1v) is 10.9. The van der Waals surface area contributed by atoms with Crippen LogP contribution in [-0.4, -0.2) is 28.7 Å². The Morgan fingerprint density at radius 3 is 2.62 bits per heavy atom. The molecule has 1 heterocycles. The van der Waals surface area contributed by atoms with Gasteiger partial charge in [-0.05, 0) is 67.3 Å². The van der Waals surface area contributed by atoms with Gasteiger partial charge in [-0.3, -0.25) is 14.5 Å². The van der Waals surface area contributed by atoms with E-state index in [-0.39, 0.29) is 17.3 Å². The number of thioether (sulfide) groups is 1. The molecule has 3 rings (SSSR count). The van der Waals surface area contributed by atoms with E-state index in [0.717, 1.165) is 36.6 Å². The first-order valence-electron chi connectivity index (χ1n) is 9.73. The Labute approximate surface area is 180 Å². The lowest BCUT2D eigenvalue weighted by Gasteiger charge is -2.14. The molecule has 4 nitrogen and oxygen atoms in total. The molecule has 0 unspecified atom stereocenters.